The highest BCUT2D eigenvalue weighted by molar-refractivity contribution is 9.11. The molecule has 0 aliphatic carbocycles. The minimum Gasteiger partial charge on any atom is -0.444 e. The lowest BCUT2D eigenvalue weighted by Gasteiger charge is -2.28. The van der Waals surface area contributed by atoms with Crippen LogP contribution in [0.15, 0.2) is 14.6 Å². The Morgan fingerprint density at radius 1 is 1.52 bits per heavy atom. The SMILES string of the molecule is CC(C)(C)OC(=O)N1CCC[C@@H]1c1nc2cc(Br)sc2c(=O)[nH]1. The molecule has 1 N–H and O–H groups in total. The Kier molecular flexibility index (Phi) is 4.22. The zero-order chi connectivity index (χ0) is 16.8. The minimum atomic E-state index is -0.548. The van der Waals surface area contributed by atoms with E-state index in [0.29, 0.717) is 22.6 Å². The summed E-state index contributed by atoms with van der Waals surface area (Å²) in [6, 6.07) is 1.58. The summed E-state index contributed by atoms with van der Waals surface area (Å²) in [6.45, 7) is 6.12. The van der Waals surface area contributed by atoms with Crippen molar-refractivity contribution in [2.45, 2.75) is 45.3 Å². The Morgan fingerprint density at radius 3 is 2.96 bits per heavy atom. The number of rotatable bonds is 1. The van der Waals surface area contributed by atoms with E-state index < -0.39 is 5.60 Å². The third-order valence-electron chi connectivity index (χ3n) is 3.57. The molecule has 1 fully saturated rings. The van der Waals surface area contributed by atoms with Crippen LogP contribution in [0.5, 0.6) is 0 Å². The van der Waals surface area contributed by atoms with Crippen molar-refractivity contribution in [3.8, 4) is 0 Å². The summed E-state index contributed by atoms with van der Waals surface area (Å²) >= 11 is 4.73. The van der Waals surface area contributed by atoms with Crippen molar-refractivity contribution in [1.82, 2.24) is 14.9 Å². The first kappa shape index (κ1) is 16.4. The Bertz CT molecular complexity index is 808. The van der Waals surface area contributed by atoms with E-state index in [2.05, 4.69) is 25.9 Å². The number of H-pyrrole nitrogens is 1. The maximum Gasteiger partial charge on any atom is 0.410 e. The summed E-state index contributed by atoms with van der Waals surface area (Å²) in [6.07, 6.45) is 1.26. The second kappa shape index (κ2) is 5.90. The molecule has 8 heteroatoms. The van der Waals surface area contributed by atoms with Crippen LogP contribution in [0.1, 0.15) is 45.5 Å². The molecule has 1 atom stereocenters. The van der Waals surface area contributed by atoms with Crippen molar-refractivity contribution in [2.75, 3.05) is 6.54 Å². The number of fused-ring (bicyclic) bond motifs is 1. The van der Waals surface area contributed by atoms with Gasteiger partial charge in [0.2, 0.25) is 0 Å². The van der Waals surface area contributed by atoms with Gasteiger partial charge in [0.1, 0.15) is 16.1 Å². The molecule has 23 heavy (non-hydrogen) atoms. The highest BCUT2D eigenvalue weighted by atomic mass is 79.9. The summed E-state index contributed by atoms with van der Waals surface area (Å²) in [5, 5.41) is 0. The van der Waals surface area contributed by atoms with Crippen LogP contribution < -0.4 is 5.56 Å². The van der Waals surface area contributed by atoms with Gasteiger partial charge < -0.3 is 9.72 Å². The Morgan fingerprint density at radius 2 is 2.26 bits per heavy atom. The predicted octanol–water partition coefficient (Wildman–Crippen LogP) is 3.82. The number of carbonyl (C=O) groups is 1. The molecule has 0 bridgehead atoms. The van der Waals surface area contributed by atoms with E-state index in [9.17, 15) is 9.59 Å². The van der Waals surface area contributed by atoms with E-state index in [1.165, 1.54) is 11.3 Å². The van der Waals surface area contributed by atoms with E-state index >= 15 is 0 Å². The molecule has 0 spiro atoms. The summed E-state index contributed by atoms with van der Waals surface area (Å²) in [5.74, 6) is 0.524. The number of carbonyl (C=O) groups excluding carboxylic acids is 1. The number of aromatic nitrogens is 2. The Labute approximate surface area is 146 Å². The van der Waals surface area contributed by atoms with Gasteiger partial charge in [-0.1, -0.05) is 0 Å². The lowest BCUT2D eigenvalue weighted by Crippen LogP contribution is -2.37. The van der Waals surface area contributed by atoms with Crippen molar-refractivity contribution >= 4 is 43.6 Å². The smallest absolute Gasteiger partial charge is 0.410 e. The molecule has 0 aromatic carbocycles. The first-order chi connectivity index (χ1) is 10.7. The fraction of sp³-hybridized carbons (Fsp3) is 0.533. The van der Waals surface area contributed by atoms with Gasteiger partial charge in [-0.3, -0.25) is 9.69 Å². The Balaban J connectivity index is 1.93. The van der Waals surface area contributed by atoms with Crippen LogP contribution in [0.4, 0.5) is 4.79 Å². The van der Waals surface area contributed by atoms with Gasteiger partial charge in [0.05, 0.1) is 15.3 Å². The van der Waals surface area contributed by atoms with E-state index in [-0.39, 0.29) is 17.7 Å². The second-order valence-electron chi connectivity index (χ2n) is 6.55. The van der Waals surface area contributed by atoms with Crippen molar-refractivity contribution < 1.29 is 9.53 Å². The van der Waals surface area contributed by atoms with Gasteiger partial charge in [0.25, 0.3) is 5.56 Å². The molecule has 6 nitrogen and oxygen atoms in total. The first-order valence-corrected chi connectivity index (χ1v) is 9.04. The molecule has 0 saturated carbocycles. The Hall–Kier alpha value is -1.41. The van der Waals surface area contributed by atoms with Crippen molar-refractivity contribution in [3.63, 3.8) is 0 Å². The lowest BCUT2D eigenvalue weighted by atomic mass is 10.2. The van der Waals surface area contributed by atoms with E-state index in [1.54, 1.807) is 4.90 Å². The fourth-order valence-corrected chi connectivity index (χ4v) is 4.10. The van der Waals surface area contributed by atoms with Gasteiger partial charge in [-0.15, -0.1) is 11.3 Å². The number of nitrogens with zero attached hydrogens (tertiary/aromatic N) is 2. The number of thiophene rings is 1. The maximum atomic E-state index is 12.4. The van der Waals surface area contributed by atoms with Crippen LogP contribution in [-0.2, 0) is 4.74 Å². The molecular weight excluding hydrogens is 382 g/mol. The monoisotopic (exact) mass is 399 g/mol. The number of amides is 1. The number of aromatic amines is 1. The lowest BCUT2D eigenvalue weighted by molar-refractivity contribution is 0.0218. The molecular formula is C15H18BrN3O3S. The number of hydrogen-bond donors (Lipinski definition) is 1. The standard InChI is InChI=1S/C15H18BrN3O3S/c1-15(2,3)22-14(21)19-6-4-5-9(19)12-17-8-7-10(16)23-11(8)13(20)18-12/h7,9H,4-6H2,1-3H3,(H,17,18,20)/t9-/m1/s1. The van der Waals surface area contributed by atoms with E-state index in [0.717, 1.165) is 16.6 Å². The van der Waals surface area contributed by atoms with E-state index in [4.69, 9.17) is 4.74 Å². The highest BCUT2D eigenvalue weighted by Crippen LogP contribution is 2.32. The average molecular weight is 400 g/mol. The third kappa shape index (κ3) is 3.42. The molecule has 3 heterocycles. The average Bonchev–Trinajstić information content (AvgIpc) is 3.02. The number of likely N-dealkylation sites (tertiary alicyclic amines) is 1. The van der Waals surface area contributed by atoms with Crippen molar-refractivity contribution in [3.05, 3.63) is 26.0 Å². The fourth-order valence-electron chi connectivity index (χ4n) is 2.68. The summed E-state index contributed by atoms with van der Waals surface area (Å²) in [7, 11) is 0. The molecule has 1 aliphatic rings. The van der Waals surface area contributed by atoms with Crippen molar-refractivity contribution in [2.24, 2.45) is 0 Å². The van der Waals surface area contributed by atoms with Crippen molar-refractivity contribution in [1.29, 1.82) is 0 Å². The summed E-state index contributed by atoms with van der Waals surface area (Å²) in [5.41, 5.74) is -0.0684. The second-order valence-corrected chi connectivity index (χ2v) is 8.98. The van der Waals surface area contributed by atoms with Gasteiger partial charge in [-0.25, -0.2) is 9.78 Å². The van der Waals surface area contributed by atoms with Gasteiger partial charge in [-0.05, 0) is 55.6 Å². The van der Waals surface area contributed by atoms with E-state index in [1.807, 2.05) is 26.8 Å². The largest absolute Gasteiger partial charge is 0.444 e. The predicted molar refractivity (Wildman–Crippen MR) is 92.9 cm³/mol. The van der Waals surface area contributed by atoms with Crippen LogP contribution in [0, 0.1) is 0 Å². The minimum absolute atomic E-state index is 0.170. The van der Waals surface area contributed by atoms with Gasteiger partial charge in [0, 0.05) is 6.54 Å². The topological polar surface area (TPSA) is 75.3 Å². The molecule has 0 radical (unpaired) electrons. The number of halogens is 1. The molecule has 3 rings (SSSR count). The van der Waals surface area contributed by atoms with Crippen LogP contribution in [0.25, 0.3) is 10.2 Å². The molecule has 124 valence electrons. The molecule has 2 aromatic heterocycles. The molecule has 2 aromatic rings. The number of hydrogen-bond acceptors (Lipinski definition) is 5. The van der Waals surface area contributed by atoms with Gasteiger partial charge in [0.15, 0.2) is 0 Å². The van der Waals surface area contributed by atoms with Crippen LogP contribution in [0.2, 0.25) is 0 Å². The quantitative estimate of drug-likeness (QED) is 0.790. The number of ether oxygens (including phenoxy) is 1. The normalized spacial score (nSPS) is 18.6. The zero-order valence-electron chi connectivity index (χ0n) is 13.2. The highest BCUT2D eigenvalue weighted by Gasteiger charge is 2.34. The van der Waals surface area contributed by atoms with Crippen LogP contribution >= 0.6 is 27.3 Å². The van der Waals surface area contributed by atoms with Crippen LogP contribution in [-0.4, -0.2) is 33.1 Å². The third-order valence-corrected chi connectivity index (χ3v) is 5.19. The van der Waals surface area contributed by atoms with Gasteiger partial charge >= 0.3 is 6.09 Å². The summed E-state index contributed by atoms with van der Waals surface area (Å²) < 4.78 is 6.90. The summed E-state index contributed by atoms with van der Waals surface area (Å²) in [4.78, 5) is 33.6. The molecule has 1 aliphatic heterocycles. The number of nitrogens with one attached hydrogen (secondary N) is 1. The van der Waals surface area contributed by atoms with Crippen LogP contribution in [0.3, 0.4) is 0 Å². The molecule has 1 saturated heterocycles. The molecule has 1 amide bonds. The van der Waals surface area contributed by atoms with Gasteiger partial charge in [-0.2, -0.15) is 0 Å². The molecule has 0 unspecified atom stereocenters. The first-order valence-electron chi connectivity index (χ1n) is 7.43. The zero-order valence-corrected chi connectivity index (χ0v) is 15.6. The maximum absolute atomic E-state index is 12.4.